The third kappa shape index (κ3) is 0.603. The molecule has 2 aromatic heterocycles. The summed E-state index contributed by atoms with van der Waals surface area (Å²) in [6.07, 6.45) is 4.49. The first-order chi connectivity index (χ1) is 4.88. The number of aromatic nitrogens is 2. The van der Waals surface area contributed by atoms with Crippen LogP contribution in [0.15, 0.2) is 24.7 Å². The molecule has 3 heteroatoms. The number of pyridine rings is 1. The molecule has 0 atom stereocenters. The third-order valence-corrected chi connectivity index (χ3v) is 1.43. The highest BCUT2D eigenvalue weighted by molar-refractivity contribution is 5.78. The van der Waals surface area contributed by atoms with Crippen LogP contribution in [0.3, 0.4) is 0 Å². The smallest absolute Gasteiger partial charge is 0.148 e. The lowest BCUT2D eigenvalue weighted by molar-refractivity contribution is 0.639. The molecule has 1 N–H and O–H groups in total. The summed E-state index contributed by atoms with van der Waals surface area (Å²) < 4.78 is 12.7. The van der Waals surface area contributed by atoms with Gasteiger partial charge in [0.25, 0.3) is 0 Å². The van der Waals surface area contributed by atoms with Crippen molar-refractivity contribution in [3.63, 3.8) is 0 Å². The minimum atomic E-state index is -0.225. The van der Waals surface area contributed by atoms with Crippen LogP contribution in [0.1, 0.15) is 0 Å². The van der Waals surface area contributed by atoms with E-state index in [1.807, 2.05) is 0 Å². The van der Waals surface area contributed by atoms with Gasteiger partial charge >= 0.3 is 0 Å². The van der Waals surface area contributed by atoms with E-state index in [4.69, 9.17) is 0 Å². The SMILES string of the molecule is Fc1c[nH]c2cnccc12. The van der Waals surface area contributed by atoms with Gasteiger partial charge in [-0.05, 0) is 6.07 Å². The highest BCUT2D eigenvalue weighted by Gasteiger charge is 1.99. The largest absolute Gasteiger partial charge is 0.357 e. The van der Waals surface area contributed by atoms with Crippen molar-refractivity contribution in [2.75, 3.05) is 0 Å². The monoisotopic (exact) mass is 136 g/mol. The zero-order valence-corrected chi connectivity index (χ0v) is 5.13. The summed E-state index contributed by atoms with van der Waals surface area (Å²) in [4.78, 5) is 6.58. The highest BCUT2D eigenvalue weighted by Crippen LogP contribution is 2.13. The van der Waals surface area contributed by atoms with Gasteiger partial charge in [-0.3, -0.25) is 4.98 Å². The number of fused-ring (bicyclic) bond motifs is 1. The number of nitrogens with one attached hydrogen (secondary N) is 1. The Balaban J connectivity index is 2.93. The lowest BCUT2D eigenvalue weighted by Crippen LogP contribution is -1.70. The average Bonchev–Trinajstić information content (AvgIpc) is 2.34. The van der Waals surface area contributed by atoms with Crippen LogP contribution < -0.4 is 0 Å². The maximum Gasteiger partial charge on any atom is 0.148 e. The summed E-state index contributed by atoms with van der Waals surface area (Å²) >= 11 is 0. The molecule has 0 radical (unpaired) electrons. The van der Waals surface area contributed by atoms with Gasteiger partial charge in [0.15, 0.2) is 0 Å². The van der Waals surface area contributed by atoms with Gasteiger partial charge in [-0.15, -0.1) is 0 Å². The van der Waals surface area contributed by atoms with Gasteiger partial charge in [0.05, 0.1) is 11.7 Å². The van der Waals surface area contributed by atoms with Crippen LogP contribution in [0.2, 0.25) is 0 Å². The lowest BCUT2D eigenvalue weighted by atomic mass is 10.3. The van der Waals surface area contributed by atoms with E-state index in [2.05, 4.69) is 9.97 Å². The van der Waals surface area contributed by atoms with Gasteiger partial charge in [-0.2, -0.15) is 0 Å². The predicted molar refractivity (Wildman–Crippen MR) is 36.1 cm³/mol. The van der Waals surface area contributed by atoms with Gasteiger partial charge in [-0.1, -0.05) is 0 Å². The molecule has 0 bridgehead atoms. The van der Waals surface area contributed by atoms with Crippen molar-refractivity contribution >= 4 is 10.9 Å². The molecule has 0 saturated heterocycles. The van der Waals surface area contributed by atoms with Gasteiger partial charge in [0, 0.05) is 17.8 Å². The molecular formula is C7H5FN2. The molecular weight excluding hydrogens is 131 g/mol. The molecule has 50 valence electrons. The molecule has 2 heterocycles. The molecule has 0 fully saturated rings. The Morgan fingerprint density at radius 1 is 1.50 bits per heavy atom. The molecule has 2 nitrogen and oxygen atoms in total. The van der Waals surface area contributed by atoms with E-state index >= 15 is 0 Å². The van der Waals surface area contributed by atoms with E-state index in [0.717, 1.165) is 5.52 Å². The molecule has 0 unspecified atom stereocenters. The van der Waals surface area contributed by atoms with Crippen LogP contribution in [0.5, 0.6) is 0 Å². The third-order valence-electron chi connectivity index (χ3n) is 1.43. The fourth-order valence-electron chi connectivity index (χ4n) is 0.937. The highest BCUT2D eigenvalue weighted by atomic mass is 19.1. The van der Waals surface area contributed by atoms with Crippen LogP contribution in [0.25, 0.3) is 10.9 Å². The number of aromatic amines is 1. The molecule has 2 rings (SSSR count). The molecule has 10 heavy (non-hydrogen) atoms. The molecule has 0 aliphatic rings. The Hall–Kier alpha value is -1.38. The van der Waals surface area contributed by atoms with Gasteiger partial charge < -0.3 is 4.98 Å². The maximum absolute atomic E-state index is 12.7. The fourth-order valence-corrected chi connectivity index (χ4v) is 0.937. The predicted octanol–water partition coefficient (Wildman–Crippen LogP) is 1.70. The number of halogens is 1. The summed E-state index contributed by atoms with van der Waals surface area (Å²) in [5.41, 5.74) is 0.736. The van der Waals surface area contributed by atoms with Gasteiger partial charge in [-0.25, -0.2) is 4.39 Å². The molecule has 0 saturated carbocycles. The minimum absolute atomic E-state index is 0.225. The van der Waals surface area contributed by atoms with Crippen LogP contribution in [0.4, 0.5) is 4.39 Å². The van der Waals surface area contributed by atoms with Gasteiger partial charge in [0.2, 0.25) is 0 Å². The Morgan fingerprint density at radius 2 is 2.40 bits per heavy atom. The fraction of sp³-hybridized carbons (Fsp3) is 0. The summed E-state index contributed by atoms with van der Waals surface area (Å²) in [5, 5.41) is 0.593. The molecule has 0 aliphatic carbocycles. The topological polar surface area (TPSA) is 28.7 Å². The Bertz CT molecular complexity index is 353. The summed E-state index contributed by atoms with van der Waals surface area (Å²) in [6.45, 7) is 0. The van der Waals surface area contributed by atoms with Crippen molar-refractivity contribution in [1.82, 2.24) is 9.97 Å². The van der Waals surface area contributed by atoms with Crippen molar-refractivity contribution in [3.8, 4) is 0 Å². The molecule has 0 amide bonds. The number of rotatable bonds is 0. The van der Waals surface area contributed by atoms with Crippen LogP contribution in [-0.2, 0) is 0 Å². The number of hydrogen-bond acceptors (Lipinski definition) is 1. The Kier molecular flexibility index (Phi) is 0.974. The van der Waals surface area contributed by atoms with E-state index in [9.17, 15) is 4.39 Å². The van der Waals surface area contributed by atoms with E-state index < -0.39 is 0 Å². The van der Waals surface area contributed by atoms with E-state index in [-0.39, 0.29) is 5.82 Å². The van der Waals surface area contributed by atoms with Crippen molar-refractivity contribution in [2.24, 2.45) is 0 Å². The van der Waals surface area contributed by atoms with E-state index in [1.165, 1.54) is 6.20 Å². The van der Waals surface area contributed by atoms with Crippen LogP contribution >= 0.6 is 0 Å². The molecule has 2 aromatic rings. The second kappa shape index (κ2) is 1.80. The standard InChI is InChI=1S/C7H5FN2/c8-6-3-10-7-4-9-2-1-5(6)7/h1-4,10H. The first-order valence-electron chi connectivity index (χ1n) is 2.94. The summed E-state index contributed by atoms with van der Waals surface area (Å²) in [7, 11) is 0. The van der Waals surface area contributed by atoms with Crippen molar-refractivity contribution in [2.45, 2.75) is 0 Å². The molecule has 0 aliphatic heterocycles. The quantitative estimate of drug-likeness (QED) is 0.586. The van der Waals surface area contributed by atoms with E-state index in [0.29, 0.717) is 5.39 Å². The minimum Gasteiger partial charge on any atom is -0.357 e. The van der Waals surface area contributed by atoms with Gasteiger partial charge in [0.1, 0.15) is 5.82 Å². The van der Waals surface area contributed by atoms with Crippen molar-refractivity contribution in [3.05, 3.63) is 30.5 Å². The second-order valence-electron chi connectivity index (χ2n) is 2.06. The van der Waals surface area contributed by atoms with Crippen LogP contribution in [0, 0.1) is 5.82 Å². The zero-order valence-electron chi connectivity index (χ0n) is 5.13. The summed E-state index contributed by atoms with van der Waals surface area (Å²) in [5.74, 6) is -0.225. The van der Waals surface area contributed by atoms with Crippen molar-refractivity contribution < 1.29 is 4.39 Å². The van der Waals surface area contributed by atoms with Crippen LogP contribution in [-0.4, -0.2) is 9.97 Å². The number of hydrogen-bond donors (Lipinski definition) is 1. The molecule has 0 spiro atoms. The zero-order chi connectivity index (χ0) is 6.97. The summed E-state index contributed by atoms with van der Waals surface area (Å²) in [6, 6.07) is 1.64. The second-order valence-corrected chi connectivity index (χ2v) is 2.06. The Labute approximate surface area is 56.7 Å². The lowest BCUT2D eigenvalue weighted by Gasteiger charge is -1.84. The first kappa shape index (κ1) is 5.41. The Morgan fingerprint density at radius 3 is 3.20 bits per heavy atom. The maximum atomic E-state index is 12.7. The molecule has 0 aromatic carbocycles. The normalized spacial score (nSPS) is 10.5. The number of H-pyrrole nitrogens is 1. The van der Waals surface area contributed by atoms with Crippen molar-refractivity contribution in [1.29, 1.82) is 0 Å². The average molecular weight is 136 g/mol. The first-order valence-corrected chi connectivity index (χ1v) is 2.94. The van der Waals surface area contributed by atoms with E-state index in [1.54, 1.807) is 18.5 Å². The number of nitrogens with zero attached hydrogens (tertiary/aromatic N) is 1.